The molecule has 6 nitrogen and oxygen atoms in total. The number of hydrogen-bond acceptors (Lipinski definition) is 3. The fourth-order valence-electron chi connectivity index (χ4n) is 1.95. The van der Waals surface area contributed by atoms with E-state index in [1.165, 1.54) is 0 Å². The minimum Gasteiger partial charge on any atom is -0.348 e. The molecule has 1 aliphatic heterocycles. The molecule has 1 aliphatic rings. The Morgan fingerprint density at radius 3 is 2.32 bits per heavy atom. The molecular weight excluding hydrogens is 246 g/mol. The summed E-state index contributed by atoms with van der Waals surface area (Å²) < 4.78 is 0. The van der Waals surface area contributed by atoms with Gasteiger partial charge in [0.25, 0.3) is 0 Å². The maximum absolute atomic E-state index is 11.4. The van der Waals surface area contributed by atoms with Crippen molar-refractivity contribution in [1.29, 1.82) is 0 Å². The summed E-state index contributed by atoms with van der Waals surface area (Å²) in [5, 5.41) is 5.12. The highest BCUT2D eigenvalue weighted by Gasteiger charge is 2.19. The van der Waals surface area contributed by atoms with E-state index in [0.717, 1.165) is 25.8 Å². The summed E-state index contributed by atoms with van der Waals surface area (Å²) in [7, 11) is 0. The summed E-state index contributed by atoms with van der Waals surface area (Å²) in [5.74, 6) is -0.988. The molecule has 0 spiro atoms. The van der Waals surface area contributed by atoms with Crippen LogP contribution in [0.15, 0.2) is 0 Å². The number of carbonyl (C=O) groups excluding carboxylic acids is 3. The second-order valence-electron chi connectivity index (χ2n) is 4.70. The Bertz CT molecular complexity index is 331. The lowest BCUT2D eigenvalue weighted by atomic mass is 10.3. The van der Waals surface area contributed by atoms with E-state index in [1.54, 1.807) is 4.90 Å². The Labute approximate surface area is 113 Å². The van der Waals surface area contributed by atoms with Crippen LogP contribution in [-0.2, 0) is 14.4 Å². The number of carbonyl (C=O) groups is 3. The van der Waals surface area contributed by atoms with E-state index in [0.29, 0.717) is 32.5 Å². The van der Waals surface area contributed by atoms with Gasteiger partial charge in [0.1, 0.15) is 0 Å². The molecule has 1 rings (SSSR count). The molecule has 6 heteroatoms. The van der Waals surface area contributed by atoms with Gasteiger partial charge < -0.3 is 15.5 Å². The minimum atomic E-state index is -0.594. The van der Waals surface area contributed by atoms with Gasteiger partial charge in [-0.3, -0.25) is 14.4 Å². The van der Waals surface area contributed by atoms with Crippen LogP contribution >= 0.6 is 0 Å². The van der Waals surface area contributed by atoms with Crippen LogP contribution in [0.1, 0.15) is 39.0 Å². The molecule has 0 unspecified atom stereocenters. The third kappa shape index (κ3) is 5.72. The molecule has 0 aromatic rings. The predicted molar refractivity (Wildman–Crippen MR) is 71.4 cm³/mol. The fraction of sp³-hybridized carbons (Fsp3) is 0.769. The number of rotatable bonds is 7. The molecule has 1 fully saturated rings. The van der Waals surface area contributed by atoms with E-state index < -0.39 is 11.8 Å². The molecule has 1 heterocycles. The smallest absolute Gasteiger partial charge is 0.309 e. The Balaban J connectivity index is 2.06. The van der Waals surface area contributed by atoms with Gasteiger partial charge in [0.15, 0.2) is 0 Å². The van der Waals surface area contributed by atoms with E-state index in [-0.39, 0.29) is 5.91 Å². The lowest BCUT2D eigenvalue weighted by Gasteiger charge is -2.15. The number of amides is 3. The van der Waals surface area contributed by atoms with E-state index in [2.05, 4.69) is 10.6 Å². The van der Waals surface area contributed by atoms with Gasteiger partial charge in [-0.25, -0.2) is 0 Å². The summed E-state index contributed by atoms with van der Waals surface area (Å²) >= 11 is 0. The first kappa shape index (κ1) is 15.5. The Morgan fingerprint density at radius 2 is 1.79 bits per heavy atom. The van der Waals surface area contributed by atoms with Gasteiger partial charge in [0.05, 0.1) is 0 Å². The van der Waals surface area contributed by atoms with Crippen LogP contribution in [-0.4, -0.2) is 48.8 Å². The zero-order chi connectivity index (χ0) is 14.1. The summed E-state index contributed by atoms with van der Waals surface area (Å²) in [5.41, 5.74) is 0. The van der Waals surface area contributed by atoms with Crippen LogP contribution in [0.3, 0.4) is 0 Å². The van der Waals surface area contributed by atoms with Gasteiger partial charge in [-0.15, -0.1) is 0 Å². The monoisotopic (exact) mass is 269 g/mol. The molecule has 0 radical (unpaired) electrons. The van der Waals surface area contributed by atoms with Crippen molar-refractivity contribution >= 4 is 17.7 Å². The maximum Gasteiger partial charge on any atom is 0.309 e. The number of nitrogens with zero attached hydrogens (tertiary/aromatic N) is 1. The SMILES string of the molecule is CCCCNC(=O)C(=O)NCCCN1CCCC1=O. The highest BCUT2D eigenvalue weighted by molar-refractivity contribution is 6.35. The van der Waals surface area contributed by atoms with Crippen molar-refractivity contribution in [2.24, 2.45) is 0 Å². The van der Waals surface area contributed by atoms with E-state index in [4.69, 9.17) is 0 Å². The topological polar surface area (TPSA) is 78.5 Å². The molecule has 0 aromatic heterocycles. The average Bonchev–Trinajstić information content (AvgIpc) is 2.80. The molecule has 0 atom stereocenters. The minimum absolute atomic E-state index is 0.184. The summed E-state index contributed by atoms with van der Waals surface area (Å²) in [6.45, 7) is 4.43. The van der Waals surface area contributed by atoms with Crippen molar-refractivity contribution in [2.45, 2.75) is 39.0 Å². The van der Waals surface area contributed by atoms with Crippen molar-refractivity contribution in [2.75, 3.05) is 26.2 Å². The largest absolute Gasteiger partial charge is 0.348 e. The third-order valence-corrected chi connectivity index (χ3v) is 3.08. The first-order valence-corrected chi connectivity index (χ1v) is 6.99. The van der Waals surface area contributed by atoms with Crippen LogP contribution in [0.25, 0.3) is 0 Å². The van der Waals surface area contributed by atoms with Crippen LogP contribution in [0, 0.1) is 0 Å². The maximum atomic E-state index is 11.4. The lowest BCUT2D eigenvalue weighted by Crippen LogP contribution is -2.41. The Morgan fingerprint density at radius 1 is 1.16 bits per heavy atom. The molecular formula is C13H23N3O3. The number of likely N-dealkylation sites (tertiary alicyclic amines) is 1. The molecule has 0 bridgehead atoms. The summed E-state index contributed by atoms with van der Waals surface area (Å²) in [6.07, 6.45) is 4.08. The second kappa shape index (κ2) is 8.50. The van der Waals surface area contributed by atoms with Crippen LogP contribution in [0.5, 0.6) is 0 Å². The van der Waals surface area contributed by atoms with Crippen molar-refractivity contribution < 1.29 is 14.4 Å². The third-order valence-electron chi connectivity index (χ3n) is 3.08. The van der Waals surface area contributed by atoms with Crippen molar-refractivity contribution in [3.8, 4) is 0 Å². The molecule has 19 heavy (non-hydrogen) atoms. The second-order valence-corrected chi connectivity index (χ2v) is 4.70. The molecule has 2 N–H and O–H groups in total. The van der Waals surface area contributed by atoms with Gasteiger partial charge in [-0.1, -0.05) is 13.3 Å². The normalized spacial score (nSPS) is 14.6. The lowest BCUT2D eigenvalue weighted by molar-refractivity contribution is -0.139. The van der Waals surface area contributed by atoms with E-state index in [9.17, 15) is 14.4 Å². The first-order valence-electron chi connectivity index (χ1n) is 6.99. The number of hydrogen-bond donors (Lipinski definition) is 2. The van der Waals surface area contributed by atoms with E-state index in [1.807, 2.05) is 6.92 Å². The standard InChI is InChI=1S/C13H23N3O3/c1-2-3-7-14-12(18)13(19)15-8-5-10-16-9-4-6-11(16)17/h2-10H2,1H3,(H,14,18)(H,15,19). The molecule has 0 aromatic carbocycles. The average molecular weight is 269 g/mol. The van der Waals surface area contributed by atoms with Crippen LogP contribution in [0.2, 0.25) is 0 Å². The van der Waals surface area contributed by atoms with Crippen molar-refractivity contribution in [1.82, 2.24) is 15.5 Å². The van der Waals surface area contributed by atoms with Crippen LogP contribution < -0.4 is 10.6 Å². The van der Waals surface area contributed by atoms with Crippen molar-refractivity contribution in [3.63, 3.8) is 0 Å². The highest BCUT2D eigenvalue weighted by atomic mass is 16.2. The zero-order valence-electron chi connectivity index (χ0n) is 11.5. The fourth-order valence-corrected chi connectivity index (χ4v) is 1.95. The molecule has 3 amide bonds. The molecule has 0 saturated carbocycles. The van der Waals surface area contributed by atoms with Gasteiger partial charge in [-0.2, -0.15) is 0 Å². The van der Waals surface area contributed by atoms with E-state index >= 15 is 0 Å². The van der Waals surface area contributed by atoms with Gasteiger partial charge in [0, 0.05) is 32.6 Å². The zero-order valence-corrected chi connectivity index (χ0v) is 11.5. The first-order chi connectivity index (χ1) is 9.15. The molecule has 1 saturated heterocycles. The quantitative estimate of drug-likeness (QED) is 0.505. The predicted octanol–water partition coefficient (Wildman–Crippen LogP) is 0.0314. The van der Waals surface area contributed by atoms with Crippen LogP contribution in [0.4, 0.5) is 0 Å². The van der Waals surface area contributed by atoms with Gasteiger partial charge in [-0.05, 0) is 19.3 Å². The van der Waals surface area contributed by atoms with Gasteiger partial charge in [0.2, 0.25) is 5.91 Å². The molecule has 0 aliphatic carbocycles. The number of unbranched alkanes of at least 4 members (excludes halogenated alkanes) is 1. The summed E-state index contributed by atoms with van der Waals surface area (Å²) in [6, 6.07) is 0. The van der Waals surface area contributed by atoms with Crippen molar-refractivity contribution in [3.05, 3.63) is 0 Å². The highest BCUT2D eigenvalue weighted by Crippen LogP contribution is 2.09. The summed E-state index contributed by atoms with van der Waals surface area (Å²) in [4.78, 5) is 35.9. The van der Waals surface area contributed by atoms with Gasteiger partial charge >= 0.3 is 11.8 Å². The Hall–Kier alpha value is -1.59. The number of nitrogens with one attached hydrogen (secondary N) is 2. The Kier molecular flexibility index (Phi) is 6.92. The molecule has 108 valence electrons.